The van der Waals surface area contributed by atoms with Crippen LogP contribution in [0.25, 0.3) is 5.76 Å². The summed E-state index contributed by atoms with van der Waals surface area (Å²) in [5.41, 5.74) is 3.26. The highest BCUT2D eigenvalue weighted by Crippen LogP contribution is 2.41. The molecule has 0 bridgehead atoms. The molecule has 4 nitrogen and oxygen atoms in total. The molecule has 0 spiro atoms. The zero-order valence-electron chi connectivity index (χ0n) is 17.1. The van der Waals surface area contributed by atoms with Gasteiger partial charge in [-0.25, -0.2) is 0 Å². The maximum Gasteiger partial charge on any atom is 0.295 e. The standard InChI is InChI=1S/C26H22ClNO3/c1-17-11-13-19(14-12-17)24(29)22-23(20-9-5-6-10-21(20)27)28(26(31)25(22)30)16-15-18-7-3-2-4-8-18/h2-14,23,29H,15-16H2,1H3. The van der Waals surface area contributed by atoms with Crippen LogP contribution >= 0.6 is 11.6 Å². The van der Waals surface area contributed by atoms with E-state index in [2.05, 4.69) is 0 Å². The van der Waals surface area contributed by atoms with E-state index >= 15 is 0 Å². The summed E-state index contributed by atoms with van der Waals surface area (Å²) in [4.78, 5) is 27.6. The fraction of sp³-hybridized carbons (Fsp3) is 0.154. The number of aliphatic hydroxyl groups is 1. The van der Waals surface area contributed by atoms with Gasteiger partial charge in [-0.15, -0.1) is 0 Å². The minimum absolute atomic E-state index is 0.0648. The van der Waals surface area contributed by atoms with Gasteiger partial charge in [-0.1, -0.05) is 90.0 Å². The van der Waals surface area contributed by atoms with Crippen LogP contribution < -0.4 is 0 Å². The molecule has 1 N–H and O–H groups in total. The molecule has 156 valence electrons. The van der Waals surface area contributed by atoms with E-state index in [0.717, 1.165) is 11.1 Å². The maximum atomic E-state index is 13.1. The number of benzene rings is 3. The van der Waals surface area contributed by atoms with Gasteiger partial charge in [-0.05, 0) is 30.5 Å². The van der Waals surface area contributed by atoms with Gasteiger partial charge in [0.2, 0.25) is 0 Å². The molecule has 3 aromatic carbocycles. The van der Waals surface area contributed by atoms with Crippen molar-refractivity contribution >= 4 is 29.1 Å². The summed E-state index contributed by atoms with van der Waals surface area (Å²) in [6.07, 6.45) is 0.583. The van der Waals surface area contributed by atoms with E-state index < -0.39 is 17.7 Å². The summed E-state index contributed by atoms with van der Waals surface area (Å²) in [6, 6.07) is 23.3. The molecule has 1 saturated heterocycles. The van der Waals surface area contributed by atoms with E-state index in [1.807, 2.05) is 55.5 Å². The number of carbonyl (C=O) groups is 2. The lowest BCUT2D eigenvalue weighted by Crippen LogP contribution is -2.31. The monoisotopic (exact) mass is 431 g/mol. The number of hydrogen-bond acceptors (Lipinski definition) is 3. The number of carbonyl (C=O) groups excluding carboxylic acids is 2. The smallest absolute Gasteiger partial charge is 0.295 e. The molecule has 5 heteroatoms. The van der Waals surface area contributed by atoms with Crippen LogP contribution in [0.1, 0.15) is 28.3 Å². The highest BCUT2D eigenvalue weighted by Gasteiger charge is 2.46. The summed E-state index contributed by atoms with van der Waals surface area (Å²) in [6.45, 7) is 2.27. The lowest BCUT2D eigenvalue weighted by atomic mass is 9.95. The third kappa shape index (κ3) is 4.12. The van der Waals surface area contributed by atoms with Gasteiger partial charge in [0.15, 0.2) is 0 Å². The van der Waals surface area contributed by atoms with Crippen LogP contribution in [0.2, 0.25) is 5.02 Å². The summed E-state index contributed by atoms with van der Waals surface area (Å²) in [7, 11) is 0. The number of rotatable bonds is 5. The Morgan fingerprint density at radius 2 is 1.58 bits per heavy atom. The van der Waals surface area contributed by atoms with Crippen LogP contribution in [-0.4, -0.2) is 28.2 Å². The first-order valence-corrected chi connectivity index (χ1v) is 10.5. The van der Waals surface area contributed by atoms with Crippen molar-refractivity contribution in [3.05, 3.63) is 112 Å². The van der Waals surface area contributed by atoms with Crippen LogP contribution in [0.15, 0.2) is 84.4 Å². The summed E-state index contributed by atoms with van der Waals surface area (Å²) < 4.78 is 0. The van der Waals surface area contributed by atoms with Gasteiger partial charge in [0.1, 0.15) is 5.76 Å². The number of Topliss-reactive ketones (excluding diaryl/α,β-unsaturated/α-hetero) is 1. The van der Waals surface area contributed by atoms with Crippen molar-refractivity contribution in [2.45, 2.75) is 19.4 Å². The van der Waals surface area contributed by atoms with E-state index in [9.17, 15) is 14.7 Å². The van der Waals surface area contributed by atoms with E-state index in [1.165, 1.54) is 4.90 Å². The molecule has 3 aromatic rings. The fourth-order valence-corrected chi connectivity index (χ4v) is 4.13. The van der Waals surface area contributed by atoms with Gasteiger partial charge in [-0.2, -0.15) is 0 Å². The number of likely N-dealkylation sites (tertiary alicyclic amines) is 1. The first-order chi connectivity index (χ1) is 15.0. The molecule has 0 radical (unpaired) electrons. The summed E-state index contributed by atoms with van der Waals surface area (Å²) in [5, 5.41) is 11.5. The average Bonchev–Trinajstić information content (AvgIpc) is 3.03. The van der Waals surface area contributed by atoms with Gasteiger partial charge < -0.3 is 10.0 Å². The number of amides is 1. The molecule has 1 heterocycles. The SMILES string of the molecule is Cc1ccc(C(O)=C2C(=O)C(=O)N(CCc3ccccc3)C2c2ccccc2Cl)cc1. The van der Waals surface area contributed by atoms with E-state index in [4.69, 9.17) is 11.6 Å². The van der Waals surface area contributed by atoms with Crippen LogP contribution in [-0.2, 0) is 16.0 Å². The molecular formula is C26H22ClNO3. The Hall–Kier alpha value is -3.37. The Labute approximate surface area is 186 Å². The lowest BCUT2D eigenvalue weighted by molar-refractivity contribution is -0.139. The molecule has 4 rings (SSSR count). The quantitative estimate of drug-likeness (QED) is 0.338. The predicted octanol–water partition coefficient (Wildman–Crippen LogP) is 5.31. The first-order valence-electron chi connectivity index (χ1n) is 10.1. The van der Waals surface area contributed by atoms with E-state index in [-0.39, 0.29) is 11.3 Å². The number of halogens is 1. The van der Waals surface area contributed by atoms with Crippen LogP contribution in [0.4, 0.5) is 0 Å². The highest BCUT2D eigenvalue weighted by molar-refractivity contribution is 6.47. The second-order valence-corrected chi connectivity index (χ2v) is 8.02. The first kappa shape index (κ1) is 20.9. The van der Waals surface area contributed by atoms with Crippen molar-refractivity contribution in [3.63, 3.8) is 0 Å². The Bertz CT molecular complexity index is 1150. The van der Waals surface area contributed by atoms with Gasteiger partial charge in [-0.3, -0.25) is 9.59 Å². The second kappa shape index (κ2) is 8.78. The van der Waals surface area contributed by atoms with Crippen LogP contribution in [0.5, 0.6) is 0 Å². The Balaban J connectivity index is 1.80. The Kier molecular flexibility index (Phi) is 5.92. The Morgan fingerprint density at radius 1 is 0.935 bits per heavy atom. The third-order valence-corrected chi connectivity index (χ3v) is 5.89. The van der Waals surface area contributed by atoms with Crippen molar-refractivity contribution in [3.8, 4) is 0 Å². The number of nitrogens with zero attached hydrogens (tertiary/aromatic N) is 1. The van der Waals surface area contributed by atoms with Crippen LogP contribution in [0, 0.1) is 6.92 Å². The van der Waals surface area contributed by atoms with Crippen molar-refractivity contribution < 1.29 is 14.7 Å². The number of ketones is 1. The molecule has 0 aliphatic carbocycles. The predicted molar refractivity (Wildman–Crippen MR) is 122 cm³/mol. The molecular weight excluding hydrogens is 410 g/mol. The van der Waals surface area contributed by atoms with Crippen LogP contribution in [0.3, 0.4) is 0 Å². The van der Waals surface area contributed by atoms with Crippen molar-refractivity contribution in [1.29, 1.82) is 0 Å². The maximum absolute atomic E-state index is 13.1. The number of hydrogen-bond donors (Lipinski definition) is 1. The topological polar surface area (TPSA) is 57.6 Å². The third-order valence-electron chi connectivity index (χ3n) is 5.55. The van der Waals surface area contributed by atoms with Gasteiger partial charge in [0.25, 0.3) is 11.7 Å². The molecule has 0 saturated carbocycles. The zero-order chi connectivity index (χ0) is 22.0. The molecule has 1 amide bonds. The molecule has 0 aromatic heterocycles. The largest absolute Gasteiger partial charge is 0.507 e. The molecule has 1 aliphatic heterocycles. The second-order valence-electron chi connectivity index (χ2n) is 7.62. The minimum Gasteiger partial charge on any atom is -0.507 e. The summed E-state index contributed by atoms with van der Waals surface area (Å²) >= 11 is 6.47. The van der Waals surface area contributed by atoms with Gasteiger partial charge in [0.05, 0.1) is 11.6 Å². The average molecular weight is 432 g/mol. The molecule has 1 aliphatic rings. The fourth-order valence-electron chi connectivity index (χ4n) is 3.89. The van der Waals surface area contributed by atoms with Gasteiger partial charge in [0, 0.05) is 17.1 Å². The van der Waals surface area contributed by atoms with Crippen molar-refractivity contribution in [2.75, 3.05) is 6.54 Å². The van der Waals surface area contributed by atoms with E-state index in [0.29, 0.717) is 29.1 Å². The molecule has 31 heavy (non-hydrogen) atoms. The highest BCUT2D eigenvalue weighted by atomic mass is 35.5. The number of aryl methyl sites for hydroxylation is 1. The molecule has 1 unspecified atom stereocenters. The van der Waals surface area contributed by atoms with Crippen molar-refractivity contribution in [2.24, 2.45) is 0 Å². The molecule has 1 atom stereocenters. The zero-order valence-corrected chi connectivity index (χ0v) is 17.8. The van der Waals surface area contributed by atoms with Crippen molar-refractivity contribution in [1.82, 2.24) is 4.90 Å². The number of aliphatic hydroxyl groups excluding tert-OH is 1. The lowest BCUT2D eigenvalue weighted by Gasteiger charge is -2.26. The summed E-state index contributed by atoms with van der Waals surface area (Å²) in [5.74, 6) is -1.52. The minimum atomic E-state index is -0.751. The Morgan fingerprint density at radius 3 is 2.26 bits per heavy atom. The van der Waals surface area contributed by atoms with E-state index in [1.54, 1.807) is 30.3 Å². The van der Waals surface area contributed by atoms with Gasteiger partial charge >= 0.3 is 0 Å². The normalized spacial score (nSPS) is 17.9. The molecule has 1 fully saturated rings.